The van der Waals surface area contributed by atoms with Crippen molar-refractivity contribution in [2.75, 3.05) is 46.8 Å². The van der Waals surface area contributed by atoms with Gasteiger partial charge in [0.2, 0.25) is 11.8 Å². The molecule has 1 aliphatic heterocycles. The van der Waals surface area contributed by atoms with Crippen LogP contribution >= 0.6 is 0 Å². The summed E-state index contributed by atoms with van der Waals surface area (Å²) in [6.45, 7) is 8.66. The third-order valence-electron chi connectivity index (χ3n) is 6.45. The molecule has 1 fully saturated rings. The number of rotatable bonds is 4. The second-order valence-corrected chi connectivity index (χ2v) is 8.79. The molecule has 1 aromatic carbocycles. The minimum absolute atomic E-state index is 0.0126. The summed E-state index contributed by atoms with van der Waals surface area (Å²) in [4.78, 5) is 43.5. The molecule has 3 aromatic rings. The zero-order valence-electron chi connectivity index (χ0n) is 19.3. The first-order valence-corrected chi connectivity index (χ1v) is 10.8. The molecule has 0 radical (unpaired) electrons. The topological polar surface area (TPSA) is 87.2 Å². The zero-order chi connectivity index (χ0) is 23.2. The second-order valence-electron chi connectivity index (χ2n) is 8.79. The predicted octanol–water partition coefficient (Wildman–Crippen LogP) is 2.24. The summed E-state index contributed by atoms with van der Waals surface area (Å²) in [7, 11) is 3.61. The fraction of sp³-hybridized carbons (Fsp3) is 0.458. The SMILES string of the molecule is Cc1coc2c1c(C)cc1oc(=O)c(CC(=O)N(C)CC(=O)N3CCN(C)CC3)c(C)c12. The van der Waals surface area contributed by atoms with Crippen molar-refractivity contribution in [3.05, 3.63) is 45.0 Å². The van der Waals surface area contributed by atoms with E-state index in [1.807, 2.05) is 33.9 Å². The van der Waals surface area contributed by atoms with E-state index in [1.54, 1.807) is 18.2 Å². The summed E-state index contributed by atoms with van der Waals surface area (Å²) >= 11 is 0. The largest absolute Gasteiger partial charge is 0.463 e. The maximum atomic E-state index is 12.9. The molecule has 2 aromatic heterocycles. The summed E-state index contributed by atoms with van der Waals surface area (Å²) in [5, 5.41) is 1.69. The van der Waals surface area contributed by atoms with Crippen molar-refractivity contribution in [2.45, 2.75) is 27.2 Å². The highest BCUT2D eigenvalue weighted by atomic mass is 16.4. The number of hydrogen-bond donors (Lipinski definition) is 0. The summed E-state index contributed by atoms with van der Waals surface area (Å²) in [6, 6.07) is 1.83. The minimum atomic E-state index is -0.538. The number of benzene rings is 1. The van der Waals surface area contributed by atoms with Crippen LogP contribution in [0.15, 0.2) is 26.0 Å². The minimum Gasteiger partial charge on any atom is -0.463 e. The van der Waals surface area contributed by atoms with Crippen LogP contribution in [0.1, 0.15) is 22.3 Å². The van der Waals surface area contributed by atoms with Gasteiger partial charge in [-0.05, 0) is 50.6 Å². The Morgan fingerprint density at radius 3 is 2.44 bits per heavy atom. The molecule has 2 amide bonds. The normalized spacial score (nSPS) is 15.0. The number of nitrogens with zero attached hydrogens (tertiary/aromatic N) is 3. The van der Waals surface area contributed by atoms with Crippen LogP contribution in [0.25, 0.3) is 21.9 Å². The highest BCUT2D eigenvalue weighted by Gasteiger charge is 2.24. The van der Waals surface area contributed by atoms with Crippen molar-refractivity contribution in [2.24, 2.45) is 0 Å². The van der Waals surface area contributed by atoms with E-state index >= 15 is 0 Å². The van der Waals surface area contributed by atoms with Crippen LogP contribution in [-0.2, 0) is 16.0 Å². The molecule has 1 aliphatic rings. The fourth-order valence-electron chi connectivity index (χ4n) is 4.41. The number of hydrogen-bond acceptors (Lipinski definition) is 6. The van der Waals surface area contributed by atoms with Crippen molar-refractivity contribution in [3.63, 3.8) is 0 Å². The van der Waals surface area contributed by atoms with Crippen LogP contribution in [0.3, 0.4) is 0 Å². The van der Waals surface area contributed by atoms with Crippen LogP contribution in [0.5, 0.6) is 0 Å². The molecule has 8 heteroatoms. The average molecular weight is 440 g/mol. The number of amides is 2. The third kappa shape index (κ3) is 3.90. The Labute approximate surface area is 186 Å². The molecule has 0 aliphatic carbocycles. The van der Waals surface area contributed by atoms with Crippen molar-refractivity contribution in [1.29, 1.82) is 0 Å². The zero-order valence-corrected chi connectivity index (χ0v) is 19.3. The quantitative estimate of drug-likeness (QED) is 0.580. The maximum Gasteiger partial charge on any atom is 0.340 e. The van der Waals surface area contributed by atoms with Gasteiger partial charge in [-0.3, -0.25) is 9.59 Å². The molecule has 0 unspecified atom stereocenters. The fourth-order valence-corrected chi connectivity index (χ4v) is 4.41. The Hall–Kier alpha value is -3.13. The van der Waals surface area contributed by atoms with Crippen molar-refractivity contribution in [1.82, 2.24) is 14.7 Å². The van der Waals surface area contributed by atoms with Crippen LogP contribution in [0.2, 0.25) is 0 Å². The van der Waals surface area contributed by atoms with Crippen molar-refractivity contribution < 1.29 is 18.4 Å². The summed E-state index contributed by atoms with van der Waals surface area (Å²) in [6.07, 6.45) is 1.55. The smallest absolute Gasteiger partial charge is 0.340 e. The van der Waals surface area contributed by atoms with Gasteiger partial charge < -0.3 is 23.5 Å². The number of carbonyl (C=O) groups is 2. The van der Waals surface area contributed by atoms with Gasteiger partial charge in [-0.25, -0.2) is 4.79 Å². The molecule has 170 valence electrons. The van der Waals surface area contributed by atoms with Gasteiger partial charge in [0.25, 0.3) is 0 Å². The van der Waals surface area contributed by atoms with Gasteiger partial charge in [0, 0.05) is 38.6 Å². The number of aryl methyl sites for hydroxylation is 3. The van der Waals surface area contributed by atoms with E-state index in [0.29, 0.717) is 40.8 Å². The average Bonchev–Trinajstić information content (AvgIpc) is 3.13. The van der Waals surface area contributed by atoms with E-state index in [-0.39, 0.29) is 24.8 Å². The van der Waals surface area contributed by atoms with Crippen LogP contribution in [0, 0.1) is 20.8 Å². The maximum absolute atomic E-state index is 12.9. The third-order valence-corrected chi connectivity index (χ3v) is 6.45. The Kier molecular flexibility index (Phi) is 5.81. The number of fused-ring (bicyclic) bond motifs is 3. The standard InChI is InChI=1S/C24H29N3O5/c1-14-10-18-22(23-21(14)15(2)13-31-23)16(3)17(24(30)32-18)11-19(28)26(5)12-20(29)27-8-6-25(4)7-9-27/h10,13H,6-9,11-12H2,1-5H3. The van der Waals surface area contributed by atoms with Crippen molar-refractivity contribution in [3.8, 4) is 0 Å². The lowest BCUT2D eigenvalue weighted by molar-refractivity contribution is -0.140. The van der Waals surface area contributed by atoms with Gasteiger partial charge in [0.05, 0.1) is 30.2 Å². The summed E-state index contributed by atoms with van der Waals surface area (Å²) in [5.41, 5.74) is 3.50. The summed E-state index contributed by atoms with van der Waals surface area (Å²) in [5.74, 6) is -0.388. The molecule has 0 saturated carbocycles. The molecule has 3 heterocycles. The van der Waals surface area contributed by atoms with E-state index in [1.165, 1.54) is 4.90 Å². The number of furan rings is 1. The van der Waals surface area contributed by atoms with E-state index in [9.17, 15) is 14.4 Å². The predicted molar refractivity (Wildman–Crippen MR) is 122 cm³/mol. The van der Waals surface area contributed by atoms with E-state index < -0.39 is 5.63 Å². The van der Waals surface area contributed by atoms with Gasteiger partial charge in [0.1, 0.15) is 11.2 Å². The Morgan fingerprint density at radius 1 is 1.06 bits per heavy atom. The molecule has 0 spiro atoms. The summed E-state index contributed by atoms with van der Waals surface area (Å²) < 4.78 is 11.4. The first kappa shape index (κ1) is 22.1. The van der Waals surface area contributed by atoms with E-state index in [4.69, 9.17) is 8.83 Å². The lowest BCUT2D eigenvalue weighted by atomic mass is 9.98. The first-order chi connectivity index (χ1) is 15.2. The van der Waals surface area contributed by atoms with Gasteiger partial charge in [0.15, 0.2) is 0 Å². The Balaban J connectivity index is 1.59. The molecule has 4 rings (SSSR count). The van der Waals surface area contributed by atoms with Gasteiger partial charge in [-0.2, -0.15) is 0 Å². The monoisotopic (exact) mass is 439 g/mol. The lowest BCUT2D eigenvalue weighted by Crippen LogP contribution is -2.50. The highest BCUT2D eigenvalue weighted by Crippen LogP contribution is 2.34. The Bertz CT molecular complexity index is 1260. The molecule has 0 N–H and O–H groups in total. The van der Waals surface area contributed by atoms with Gasteiger partial charge >= 0.3 is 5.63 Å². The lowest BCUT2D eigenvalue weighted by Gasteiger charge is -2.33. The van der Waals surface area contributed by atoms with E-state index in [2.05, 4.69) is 4.90 Å². The number of piperazine rings is 1. The molecular weight excluding hydrogens is 410 g/mol. The van der Waals surface area contributed by atoms with Gasteiger partial charge in [-0.15, -0.1) is 0 Å². The van der Waals surface area contributed by atoms with Crippen LogP contribution < -0.4 is 5.63 Å². The number of likely N-dealkylation sites (N-methyl/N-ethyl adjacent to an activating group) is 2. The highest BCUT2D eigenvalue weighted by molar-refractivity contribution is 6.07. The molecule has 32 heavy (non-hydrogen) atoms. The van der Waals surface area contributed by atoms with Gasteiger partial charge in [-0.1, -0.05) is 0 Å². The molecular formula is C24H29N3O5. The second kappa shape index (κ2) is 8.43. The molecule has 0 atom stereocenters. The molecule has 1 saturated heterocycles. The van der Waals surface area contributed by atoms with Crippen molar-refractivity contribution >= 4 is 33.8 Å². The number of carbonyl (C=O) groups excluding carboxylic acids is 2. The van der Waals surface area contributed by atoms with Crippen LogP contribution in [0.4, 0.5) is 0 Å². The molecule has 0 bridgehead atoms. The van der Waals surface area contributed by atoms with E-state index in [0.717, 1.165) is 29.6 Å². The Morgan fingerprint density at radius 2 is 1.75 bits per heavy atom. The van der Waals surface area contributed by atoms with Crippen LogP contribution in [-0.4, -0.2) is 73.3 Å². The first-order valence-electron chi connectivity index (χ1n) is 10.8. The molecule has 8 nitrogen and oxygen atoms in total.